The van der Waals surface area contributed by atoms with Gasteiger partial charge < -0.3 is 49.3 Å². The second kappa shape index (κ2) is 24.1. The zero-order chi connectivity index (χ0) is 37.2. The Morgan fingerprint density at radius 1 is 0.442 bits per heavy atom. The molecule has 0 unspecified atom stereocenters. The first-order chi connectivity index (χ1) is 25.3. The number of amides is 3. The Hall–Kier alpha value is -6.16. The van der Waals surface area contributed by atoms with Gasteiger partial charge in [0.25, 0.3) is 0 Å². The van der Waals surface area contributed by atoms with E-state index in [9.17, 15) is 28.8 Å². The number of carbonyl (C=O) groups excluding carboxylic acids is 6. The van der Waals surface area contributed by atoms with Crippen LogP contribution in [0.15, 0.2) is 91.0 Å². The third-order valence-corrected chi connectivity index (χ3v) is 6.83. The van der Waals surface area contributed by atoms with Crippen LogP contribution < -0.4 is 16.0 Å². The summed E-state index contributed by atoms with van der Waals surface area (Å²) in [5.41, 5.74) is 2.25. The van der Waals surface area contributed by atoms with Gasteiger partial charge in [-0.15, -0.1) is 0 Å². The summed E-state index contributed by atoms with van der Waals surface area (Å²) in [5, 5.41) is 7.98. The smallest absolute Gasteiger partial charge is 0.412 e. The second-order valence-electron chi connectivity index (χ2n) is 10.8. The van der Waals surface area contributed by atoms with E-state index in [4.69, 9.17) is 28.4 Å². The molecule has 0 aliphatic carbocycles. The fourth-order valence-electron chi connectivity index (χ4n) is 4.26. The first-order valence-corrected chi connectivity index (χ1v) is 16.3. The number of ether oxygens (including phenoxy) is 6. The summed E-state index contributed by atoms with van der Waals surface area (Å²) in [6.45, 7) is -1.03. The molecule has 3 rings (SSSR count). The number of nitrogens with one attached hydrogen (secondary N) is 3. The predicted octanol–water partition coefficient (Wildman–Crippen LogP) is 2.70. The van der Waals surface area contributed by atoms with Gasteiger partial charge in [-0.25, -0.2) is 14.4 Å². The summed E-state index contributed by atoms with van der Waals surface area (Å²) in [7, 11) is 0. The lowest BCUT2D eigenvalue weighted by molar-refractivity contribution is -0.152. The molecule has 0 heterocycles. The third kappa shape index (κ3) is 18.0. The zero-order valence-electron chi connectivity index (χ0n) is 28.5. The minimum atomic E-state index is -0.877. The standard InChI is InChI=1S/C36H42N4O12/c41-31(22-28-10-4-1-5-11-28)47-25-50-34(44)38-17-16-37-18-20-40(36(46)52-27-49-33(43)24-30-14-8-3-9-15-30)21-19-39-35(45)51-26-48-32(42)23-29-12-6-2-7-13-29/h1-15,37H,16-27H2,(H,38,44)(H,39,45). The fourth-order valence-corrected chi connectivity index (χ4v) is 4.26. The van der Waals surface area contributed by atoms with Crippen LogP contribution in [0.3, 0.4) is 0 Å². The van der Waals surface area contributed by atoms with Gasteiger partial charge in [0, 0.05) is 39.3 Å². The molecule has 16 heteroatoms. The fraction of sp³-hybridized carbons (Fsp3) is 0.333. The van der Waals surface area contributed by atoms with Gasteiger partial charge in [0.2, 0.25) is 20.4 Å². The van der Waals surface area contributed by atoms with Gasteiger partial charge in [0.05, 0.1) is 19.3 Å². The van der Waals surface area contributed by atoms with E-state index >= 15 is 0 Å². The molecule has 0 atom stereocenters. The Morgan fingerprint density at radius 2 is 0.827 bits per heavy atom. The molecule has 3 aromatic rings. The van der Waals surface area contributed by atoms with Crippen LogP contribution in [0.1, 0.15) is 16.7 Å². The number of esters is 3. The average Bonchev–Trinajstić information content (AvgIpc) is 3.13. The third-order valence-electron chi connectivity index (χ3n) is 6.83. The largest absolute Gasteiger partial charge is 0.428 e. The van der Waals surface area contributed by atoms with Gasteiger partial charge in [0.15, 0.2) is 0 Å². The van der Waals surface area contributed by atoms with Crippen molar-refractivity contribution < 1.29 is 57.2 Å². The molecule has 16 nitrogen and oxygen atoms in total. The Labute approximate surface area is 300 Å². The summed E-state index contributed by atoms with van der Waals surface area (Å²) in [6, 6.07) is 26.8. The average molecular weight is 723 g/mol. The van der Waals surface area contributed by atoms with Crippen molar-refractivity contribution in [2.75, 3.05) is 59.6 Å². The Morgan fingerprint density at radius 3 is 1.27 bits per heavy atom. The minimum Gasteiger partial charge on any atom is -0.428 e. The van der Waals surface area contributed by atoms with E-state index in [1.165, 1.54) is 4.90 Å². The van der Waals surface area contributed by atoms with Crippen LogP contribution in [0.25, 0.3) is 0 Å². The number of rotatable bonds is 21. The first-order valence-electron chi connectivity index (χ1n) is 16.3. The van der Waals surface area contributed by atoms with Gasteiger partial charge in [-0.05, 0) is 16.7 Å². The van der Waals surface area contributed by atoms with Crippen molar-refractivity contribution in [3.05, 3.63) is 108 Å². The molecule has 0 aliphatic heterocycles. The molecule has 52 heavy (non-hydrogen) atoms. The minimum absolute atomic E-state index is 0.000604. The van der Waals surface area contributed by atoms with Gasteiger partial charge in [-0.3, -0.25) is 14.4 Å². The number of hydrogen-bond acceptors (Lipinski definition) is 13. The maximum atomic E-state index is 12.8. The molecule has 3 amide bonds. The summed E-state index contributed by atoms with van der Waals surface area (Å²) < 4.78 is 29.7. The van der Waals surface area contributed by atoms with Crippen LogP contribution >= 0.6 is 0 Å². The molecule has 0 bridgehead atoms. The Balaban J connectivity index is 1.33. The van der Waals surface area contributed by atoms with Crippen LogP contribution in [0.4, 0.5) is 14.4 Å². The van der Waals surface area contributed by atoms with E-state index < -0.39 is 56.6 Å². The highest BCUT2D eigenvalue weighted by Crippen LogP contribution is 2.03. The quantitative estimate of drug-likeness (QED) is 0.0629. The van der Waals surface area contributed by atoms with Gasteiger partial charge in [-0.2, -0.15) is 0 Å². The lowest BCUT2D eigenvalue weighted by Gasteiger charge is -2.22. The molecular weight excluding hydrogens is 680 g/mol. The molecule has 3 N–H and O–H groups in total. The van der Waals surface area contributed by atoms with Crippen LogP contribution in [-0.2, 0) is 62.1 Å². The number of benzene rings is 3. The van der Waals surface area contributed by atoms with Crippen LogP contribution in [0.2, 0.25) is 0 Å². The van der Waals surface area contributed by atoms with E-state index in [1.54, 1.807) is 72.8 Å². The molecule has 0 saturated heterocycles. The van der Waals surface area contributed by atoms with Crippen molar-refractivity contribution in [2.45, 2.75) is 19.3 Å². The highest BCUT2D eigenvalue weighted by Gasteiger charge is 2.17. The SMILES string of the molecule is O=C(Cc1ccccc1)OCOC(=O)NCCNCCN(CCNC(=O)OCOC(=O)Cc1ccccc1)C(=O)OCOC(=O)Cc1ccccc1. The lowest BCUT2D eigenvalue weighted by Crippen LogP contribution is -2.43. The van der Waals surface area contributed by atoms with Crippen molar-refractivity contribution in [1.82, 2.24) is 20.9 Å². The zero-order valence-corrected chi connectivity index (χ0v) is 28.5. The summed E-state index contributed by atoms with van der Waals surface area (Å²) in [4.78, 5) is 73.9. The monoisotopic (exact) mass is 722 g/mol. The van der Waals surface area contributed by atoms with E-state index in [-0.39, 0.29) is 58.5 Å². The summed E-state index contributed by atoms with van der Waals surface area (Å²) in [6.07, 6.45) is -2.41. The van der Waals surface area contributed by atoms with Crippen molar-refractivity contribution >= 4 is 36.2 Å². The number of hydrogen-bond donors (Lipinski definition) is 3. The maximum absolute atomic E-state index is 12.8. The highest BCUT2D eigenvalue weighted by atomic mass is 16.7. The van der Waals surface area contributed by atoms with Crippen LogP contribution in [0, 0.1) is 0 Å². The van der Waals surface area contributed by atoms with E-state index in [2.05, 4.69) is 16.0 Å². The summed E-state index contributed by atoms with van der Waals surface area (Å²) in [5.74, 6) is -1.70. The van der Waals surface area contributed by atoms with Gasteiger partial charge >= 0.3 is 36.2 Å². The van der Waals surface area contributed by atoms with Gasteiger partial charge in [0.1, 0.15) is 0 Å². The predicted molar refractivity (Wildman–Crippen MR) is 183 cm³/mol. The number of nitrogens with zero attached hydrogens (tertiary/aromatic N) is 1. The second-order valence-corrected chi connectivity index (χ2v) is 10.8. The molecular formula is C36H42N4O12. The normalized spacial score (nSPS) is 10.2. The highest BCUT2D eigenvalue weighted by molar-refractivity contribution is 5.74. The van der Waals surface area contributed by atoms with E-state index in [0.29, 0.717) is 0 Å². The molecule has 0 radical (unpaired) electrons. The molecule has 278 valence electrons. The Bertz CT molecular complexity index is 1540. The molecule has 0 spiro atoms. The Kier molecular flexibility index (Phi) is 18.6. The molecule has 3 aromatic carbocycles. The molecule has 0 saturated carbocycles. The maximum Gasteiger partial charge on any atom is 0.412 e. The van der Waals surface area contributed by atoms with Crippen molar-refractivity contribution in [3.8, 4) is 0 Å². The number of alkyl carbamates (subject to hydrolysis) is 2. The topological polar surface area (TPSA) is 197 Å². The van der Waals surface area contributed by atoms with Crippen molar-refractivity contribution in [1.29, 1.82) is 0 Å². The lowest BCUT2D eigenvalue weighted by atomic mass is 10.2. The van der Waals surface area contributed by atoms with E-state index in [1.807, 2.05) is 18.2 Å². The van der Waals surface area contributed by atoms with Gasteiger partial charge in [-0.1, -0.05) is 91.0 Å². The van der Waals surface area contributed by atoms with Crippen molar-refractivity contribution in [2.24, 2.45) is 0 Å². The van der Waals surface area contributed by atoms with Crippen molar-refractivity contribution in [3.63, 3.8) is 0 Å². The number of carbonyl (C=O) groups is 6. The van der Waals surface area contributed by atoms with Crippen LogP contribution in [-0.4, -0.2) is 101 Å². The summed E-state index contributed by atoms with van der Waals surface area (Å²) >= 11 is 0. The molecule has 0 aromatic heterocycles. The molecule has 0 aliphatic rings. The molecule has 0 fully saturated rings. The van der Waals surface area contributed by atoms with Crippen LogP contribution in [0.5, 0.6) is 0 Å². The van der Waals surface area contributed by atoms with E-state index in [0.717, 1.165) is 16.7 Å². The first kappa shape index (κ1) is 40.3.